The van der Waals surface area contributed by atoms with E-state index in [0.29, 0.717) is 18.7 Å². The van der Waals surface area contributed by atoms with Crippen LogP contribution >= 0.6 is 0 Å². The van der Waals surface area contributed by atoms with Crippen LogP contribution < -0.4 is 15.4 Å². The number of hydrogen-bond donors (Lipinski definition) is 2. The van der Waals surface area contributed by atoms with Crippen LogP contribution in [-0.4, -0.2) is 44.1 Å². The van der Waals surface area contributed by atoms with Crippen molar-refractivity contribution in [3.05, 3.63) is 23.9 Å². The van der Waals surface area contributed by atoms with Gasteiger partial charge in [0.2, 0.25) is 5.88 Å². The standard InChI is InChI=1S/C12H16F3N3O3/c1-20-6-5-17-11(19)18-7-9-3-2-4-16-10(9)21-8-12(13,14)15/h2-4H,5-8H2,1H3,(H2,17,18,19). The Morgan fingerprint density at radius 1 is 1.38 bits per heavy atom. The molecule has 0 fully saturated rings. The highest BCUT2D eigenvalue weighted by atomic mass is 19.4. The van der Waals surface area contributed by atoms with Gasteiger partial charge in [0.25, 0.3) is 0 Å². The van der Waals surface area contributed by atoms with Gasteiger partial charge in [0.05, 0.1) is 6.61 Å². The van der Waals surface area contributed by atoms with Gasteiger partial charge in [0.1, 0.15) is 0 Å². The average molecular weight is 307 g/mol. The fourth-order valence-electron chi connectivity index (χ4n) is 1.34. The highest BCUT2D eigenvalue weighted by Gasteiger charge is 2.29. The van der Waals surface area contributed by atoms with Crippen LogP contribution in [0.1, 0.15) is 5.56 Å². The van der Waals surface area contributed by atoms with Crippen LogP contribution in [0.25, 0.3) is 0 Å². The number of aromatic nitrogens is 1. The molecule has 6 nitrogen and oxygen atoms in total. The van der Waals surface area contributed by atoms with E-state index in [4.69, 9.17) is 4.74 Å². The molecule has 0 aromatic carbocycles. The minimum atomic E-state index is -4.44. The Morgan fingerprint density at radius 3 is 2.81 bits per heavy atom. The van der Waals surface area contributed by atoms with Crippen LogP contribution in [0.2, 0.25) is 0 Å². The van der Waals surface area contributed by atoms with Gasteiger partial charge in [-0.3, -0.25) is 0 Å². The molecule has 0 spiro atoms. The third-order valence-corrected chi connectivity index (χ3v) is 2.25. The lowest BCUT2D eigenvalue weighted by molar-refractivity contribution is -0.154. The van der Waals surface area contributed by atoms with Gasteiger partial charge in [-0.2, -0.15) is 13.2 Å². The summed E-state index contributed by atoms with van der Waals surface area (Å²) in [5.74, 6) is -0.160. The van der Waals surface area contributed by atoms with Gasteiger partial charge >= 0.3 is 12.2 Å². The molecule has 0 aliphatic heterocycles. The van der Waals surface area contributed by atoms with Crippen molar-refractivity contribution in [3.8, 4) is 5.88 Å². The first-order valence-electron chi connectivity index (χ1n) is 6.06. The van der Waals surface area contributed by atoms with Crippen molar-refractivity contribution in [2.45, 2.75) is 12.7 Å². The van der Waals surface area contributed by atoms with Gasteiger partial charge in [-0.15, -0.1) is 0 Å². The van der Waals surface area contributed by atoms with E-state index in [1.54, 1.807) is 6.07 Å². The second-order valence-corrected chi connectivity index (χ2v) is 3.97. The number of amides is 2. The lowest BCUT2D eigenvalue weighted by atomic mass is 10.2. The fourth-order valence-corrected chi connectivity index (χ4v) is 1.34. The number of ether oxygens (including phenoxy) is 2. The molecule has 1 heterocycles. The highest BCUT2D eigenvalue weighted by Crippen LogP contribution is 2.19. The zero-order chi connectivity index (χ0) is 15.7. The number of urea groups is 1. The summed E-state index contributed by atoms with van der Waals surface area (Å²) in [4.78, 5) is 15.1. The third kappa shape index (κ3) is 7.35. The molecule has 1 rings (SSSR count). The first-order valence-corrected chi connectivity index (χ1v) is 6.06. The number of alkyl halides is 3. The quantitative estimate of drug-likeness (QED) is 0.748. The van der Waals surface area contributed by atoms with Gasteiger partial charge in [-0.1, -0.05) is 6.07 Å². The molecule has 0 radical (unpaired) electrons. The number of halogens is 3. The molecule has 0 saturated heterocycles. The van der Waals surface area contributed by atoms with Crippen molar-refractivity contribution in [2.24, 2.45) is 0 Å². The van der Waals surface area contributed by atoms with Crippen LogP contribution in [0.4, 0.5) is 18.0 Å². The molecule has 1 aromatic heterocycles. The lowest BCUT2D eigenvalue weighted by Crippen LogP contribution is -2.36. The Balaban J connectivity index is 2.49. The Bertz CT molecular complexity index is 455. The average Bonchev–Trinajstić information content (AvgIpc) is 2.43. The molecule has 0 aliphatic carbocycles. The number of carbonyl (C=O) groups is 1. The predicted molar refractivity (Wildman–Crippen MR) is 67.9 cm³/mol. The maximum absolute atomic E-state index is 12.1. The number of rotatable bonds is 7. The SMILES string of the molecule is COCCNC(=O)NCc1cccnc1OCC(F)(F)F. The van der Waals surface area contributed by atoms with Crippen molar-refractivity contribution in [2.75, 3.05) is 26.9 Å². The van der Waals surface area contributed by atoms with Crippen LogP contribution in [0, 0.1) is 0 Å². The zero-order valence-corrected chi connectivity index (χ0v) is 11.4. The fraction of sp³-hybridized carbons (Fsp3) is 0.500. The first-order chi connectivity index (χ1) is 9.92. The van der Waals surface area contributed by atoms with Crippen molar-refractivity contribution in [1.82, 2.24) is 15.6 Å². The normalized spacial score (nSPS) is 11.0. The number of carbonyl (C=O) groups excluding carboxylic acids is 1. The number of hydrogen-bond acceptors (Lipinski definition) is 4. The molecule has 0 unspecified atom stereocenters. The molecule has 2 N–H and O–H groups in total. The summed E-state index contributed by atoms with van der Waals surface area (Å²) >= 11 is 0. The first kappa shape index (κ1) is 17.0. The lowest BCUT2D eigenvalue weighted by Gasteiger charge is -2.12. The molecule has 0 bridgehead atoms. The maximum Gasteiger partial charge on any atom is 0.422 e. The van der Waals surface area contributed by atoms with Crippen LogP contribution in [0.5, 0.6) is 5.88 Å². The summed E-state index contributed by atoms with van der Waals surface area (Å²) in [5.41, 5.74) is 0.351. The highest BCUT2D eigenvalue weighted by molar-refractivity contribution is 5.73. The van der Waals surface area contributed by atoms with Crippen molar-refractivity contribution in [3.63, 3.8) is 0 Å². The van der Waals surface area contributed by atoms with Crippen LogP contribution in [0.15, 0.2) is 18.3 Å². The summed E-state index contributed by atoms with van der Waals surface area (Å²) < 4.78 is 45.7. The smallest absolute Gasteiger partial charge is 0.422 e. The van der Waals surface area contributed by atoms with E-state index < -0.39 is 18.8 Å². The largest absolute Gasteiger partial charge is 0.468 e. The molecule has 118 valence electrons. The molecule has 9 heteroatoms. The zero-order valence-electron chi connectivity index (χ0n) is 11.4. The molecule has 2 amide bonds. The Labute approximate surface area is 119 Å². The molecule has 1 aromatic rings. The number of pyridine rings is 1. The van der Waals surface area contributed by atoms with Gasteiger partial charge in [-0.25, -0.2) is 9.78 Å². The summed E-state index contributed by atoms with van der Waals surface area (Å²) in [5, 5.41) is 5.00. The topological polar surface area (TPSA) is 72.5 Å². The minimum Gasteiger partial charge on any atom is -0.468 e. The van der Waals surface area contributed by atoms with Crippen LogP contribution in [-0.2, 0) is 11.3 Å². The molecule has 0 aliphatic rings. The van der Waals surface area contributed by atoms with E-state index in [0.717, 1.165) is 0 Å². The summed E-state index contributed by atoms with van der Waals surface area (Å²) in [6.45, 7) is -0.746. The maximum atomic E-state index is 12.1. The van der Waals surface area contributed by atoms with Crippen LogP contribution in [0.3, 0.4) is 0 Å². The third-order valence-electron chi connectivity index (χ3n) is 2.25. The number of nitrogens with one attached hydrogen (secondary N) is 2. The number of methoxy groups -OCH3 is 1. The second kappa shape index (κ2) is 8.30. The van der Waals surface area contributed by atoms with Crippen molar-refractivity contribution >= 4 is 6.03 Å². The van der Waals surface area contributed by atoms with E-state index in [1.807, 2.05) is 0 Å². The van der Waals surface area contributed by atoms with Gasteiger partial charge in [-0.05, 0) is 6.07 Å². The Hall–Kier alpha value is -2.03. The van der Waals surface area contributed by atoms with E-state index >= 15 is 0 Å². The molecule has 21 heavy (non-hydrogen) atoms. The Kier molecular flexibility index (Phi) is 6.73. The molecule has 0 saturated carbocycles. The summed E-state index contributed by atoms with van der Waals surface area (Å²) in [6, 6.07) is 2.60. The Morgan fingerprint density at radius 2 is 2.14 bits per heavy atom. The predicted octanol–water partition coefficient (Wildman–Crippen LogP) is 1.47. The van der Waals surface area contributed by atoms with Gasteiger partial charge in [0, 0.05) is 32.0 Å². The van der Waals surface area contributed by atoms with E-state index in [9.17, 15) is 18.0 Å². The molecular weight excluding hydrogens is 291 g/mol. The van der Waals surface area contributed by atoms with E-state index in [2.05, 4.69) is 20.4 Å². The van der Waals surface area contributed by atoms with Crippen molar-refractivity contribution < 1.29 is 27.4 Å². The molecular formula is C12H16F3N3O3. The summed E-state index contributed by atoms with van der Waals surface area (Å²) in [7, 11) is 1.50. The van der Waals surface area contributed by atoms with Gasteiger partial charge in [0.15, 0.2) is 6.61 Å². The monoisotopic (exact) mass is 307 g/mol. The molecule has 0 atom stereocenters. The van der Waals surface area contributed by atoms with Crippen molar-refractivity contribution in [1.29, 1.82) is 0 Å². The minimum absolute atomic E-state index is 0.000153. The van der Waals surface area contributed by atoms with E-state index in [1.165, 1.54) is 19.4 Å². The second-order valence-electron chi connectivity index (χ2n) is 3.97. The summed E-state index contributed by atoms with van der Waals surface area (Å²) in [6.07, 6.45) is -3.13. The van der Waals surface area contributed by atoms with Gasteiger partial charge < -0.3 is 20.1 Å². The van der Waals surface area contributed by atoms with E-state index in [-0.39, 0.29) is 12.4 Å². The number of nitrogens with zero attached hydrogens (tertiary/aromatic N) is 1.